The third-order valence-electron chi connectivity index (χ3n) is 14.1. The van der Waals surface area contributed by atoms with Crippen LogP contribution in [0.2, 0.25) is 0 Å². The fraction of sp³-hybridized carbons (Fsp3) is 0.115. The molecule has 12 rings (SSSR count). The standard InChI is InChI=1S/C61H47N/c1-3-18-42(19-4-1)43-34-36-44(37-35-43)45-38-40-47(41-39-45)62(58-32-16-12-26-52(58)49-23-8-7-22-48(49)46-20-5-2-6-21-46)59-33-17-31-57-60(59)53-27-11-15-30-56(53)61(57)54-28-13-9-24-50(54)51-25-10-14-29-55(51)61/h2,5-17,20-42H,1,3-4,18-19H2. The van der Waals surface area contributed by atoms with E-state index in [2.05, 4.69) is 223 Å². The monoisotopic (exact) mass is 793 g/mol. The molecule has 1 nitrogen and oxygen atoms in total. The number of para-hydroxylation sites is 1. The first-order valence-corrected chi connectivity index (χ1v) is 22.5. The van der Waals surface area contributed by atoms with E-state index < -0.39 is 5.41 Å². The molecule has 3 aliphatic rings. The van der Waals surface area contributed by atoms with Gasteiger partial charge in [0.25, 0.3) is 0 Å². The van der Waals surface area contributed by atoms with E-state index in [-0.39, 0.29) is 0 Å². The third-order valence-corrected chi connectivity index (χ3v) is 14.1. The molecule has 9 aromatic carbocycles. The van der Waals surface area contributed by atoms with Gasteiger partial charge in [-0.2, -0.15) is 0 Å². The zero-order valence-electron chi connectivity index (χ0n) is 34.8. The molecule has 0 radical (unpaired) electrons. The molecule has 62 heavy (non-hydrogen) atoms. The van der Waals surface area contributed by atoms with Gasteiger partial charge in [0.1, 0.15) is 0 Å². The highest BCUT2D eigenvalue weighted by Crippen LogP contribution is 2.65. The molecule has 3 aliphatic carbocycles. The minimum absolute atomic E-state index is 0.437. The van der Waals surface area contributed by atoms with E-state index in [1.807, 2.05) is 0 Å². The number of nitrogens with zero attached hydrogens (tertiary/aromatic N) is 1. The van der Waals surface area contributed by atoms with E-state index in [1.165, 1.54) is 121 Å². The van der Waals surface area contributed by atoms with Crippen LogP contribution in [0.15, 0.2) is 218 Å². The molecule has 1 fully saturated rings. The van der Waals surface area contributed by atoms with Crippen LogP contribution in [0.4, 0.5) is 17.1 Å². The van der Waals surface area contributed by atoms with Crippen molar-refractivity contribution in [3.8, 4) is 55.6 Å². The lowest BCUT2D eigenvalue weighted by Gasteiger charge is -2.32. The fourth-order valence-electron chi connectivity index (χ4n) is 11.4. The van der Waals surface area contributed by atoms with E-state index >= 15 is 0 Å². The first-order chi connectivity index (χ1) is 30.8. The van der Waals surface area contributed by atoms with Gasteiger partial charge in [-0.05, 0) is 115 Å². The van der Waals surface area contributed by atoms with Crippen molar-refractivity contribution in [2.45, 2.75) is 43.4 Å². The summed E-state index contributed by atoms with van der Waals surface area (Å²) in [6.45, 7) is 0. The molecule has 0 amide bonds. The Morgan fingerprint density at radius 1 is 0.323 bits per heavy atom. The van der Waals surface area contributed by atoms with Crippen LogP contribution in [0, 0.1) is 0 Å². The first-order valence-electron chi connectivity index (χ1n) is 22.5. The van der Waals surface area contributed by atoms with Gasteiger partial charge in [-0.1, -0.05) is 213 Å². The molecule has 0 bridgehead atoms. The molecule has 0 unspecified atom stereocenters. The fourth-order valence-corrected chi connectivity index (χ4v) is 11.4. The average molecular weight is 794 g/mol. The normalized spacial score (nSPS) is 14.5. The predicted molar refractivity (Wildman–Crippen MR) is 260 cm³/mol. The van der Waals surface area contributed by atoms with Crippen LogP contribution < -0.4 is 4.90 Å². The third kappa shape index (κ3) is 5.68. The summed E-state index contributed by atoms with van der Waals surface area (Å²) in [6.07, 6.45) is 6.71. The maximum Gasteiger partial charge on any atom is 0.0726 e. The molecule has 1 spiro atoms. The molecule has 0 atom stereocenters. The van der Waals surface area contributed by atoms with E-state index in [4.69, 9.17) is 0 Å². The Balaban J connectivity index is 1.08. The van der Waals surface area contributed by atoms with Crippen molar-refractivity contribution in [2.24, 2.45) is 0 Å². The Kier molecular flexibility index (Phi) is 8.89. The average Bonchev–Trinajstić information content (AvgIpc) is 3.83. The second-order valence-electron chi connectivity index (χ2n) is 17.4. The van der Waals surface area contributed by atoms with Crippen LogP contribution in [-0.2, 0) is 5.41 Å². The van der Waals surface area contributed by atoms with Gasteiger partial charge < -0.3 is 4.90 Å². The van der Waals surface area contributed by atoms with Crippen molar-refractivity contribution in [3.05, 3.63) is 246 Å². The van der Waals surface area contributed by atoms with Crippen LogP contribution in [0.3, 0.4) is 0 Å². The Morgan fingerprint density at radius 2 is 0.806 bits per heavy atom. The van der Waals surface area contributed by atoms with E-state index in [9.17, 15) is 0 Å². The van der Waals surface area contributed by atoms with Crippen molar-refractivity contribution < 1.29 is 0 Å². The smallest absolute Gasteiger partial charge is 0.0726 e. The summed E-state index contributed by atoms with van der Waals surface area (Å²) < 4.78 is 0. The Bertz CT molecular complexity index is 3050. The SMILES string of the molecule is c1ccc(-c2ccccc2-c2ccccc2N(c2ccc(-c3ccc(C4CCCCC4)cc3)cc2)c2cccc3c2-c2ccccc2C32c3ccccc3-c3ccccc32)cc1. The molecule has 0 saturated heterocycles. The second-order valence-corrected chi connectivity index (χ2v) is 17.4. The molecule has 296 valence electrons. The van der Waals surface area contributed by atoms with Gasteiger partial charge in [0.05, 0.1) is 16.8 Å². The lowest BCUT2D eigenvalue weighted by molar-refractivity contribution is 0.443. The van der Waals surface area contributed by atoms with E-state index in [0.29, 0.717) is 5.92 Å². The van der Waals surface area contributed by atoms with E-state index in [0.717, 1.165) is 11.4 Å². The summed E-state index contributed by atoms with van der Waals surface area (Å²) in [5.41, 5.74) is 22.4. The highest BCUT2D eigenvalue weighted by atomic mass is 15.1. The van der Waals surface area contributed by atoms with Crippen molar-refractivity contribution in [1.29, 1.82) is 0 Å². The second kappa shape index (κ2) is 15.0. The first kappa shape index (κ1) is 36.6. The molecular formula is C61H47N. The van der Waals surface area contributed by atoms with Gasteiger partial charge in [0, 0.05) is 16.8 Å². The van der Waals surface area contributed by atoms with Crippen LogP contribution in [0.5, 0.6) is 0 Å². The highest BCUT2D eigenvalue weighted by molar-refractivity contribution is 6.03. The van der Waals surface area contributed by atoms with Crippen molar-refractivity contribution in [2.75, 3.05) is 4.90 Å². The minimum atomic E-state index is -0.437. The van der Waals surface area contributed by atoms with Crippen LogP contribution in [0.1, 0.15) is 65.8 Å². The number of hydrogen-bond acceptors (Lipinski definition) is 1. The summed E-state index contributed by atoms with van der Waals surface area (Å²) in [6, 6.07) is 81.8. The van der Waals surface area contributed by atoms with Crippen molar-refractivity contribution in [1.82, 2.24) is 0 Å². The number of fused-ring (bicyclic) bond motifs is 10. The largest absolute Gasteiger partial charge is 0.309 e. The van der Waals surface area contributed by atoms with Crippen LogP contribution in [0.25, 0.3) is 55.6 Å². The maximum atomic E-state index is 2.54. The van der Waals surface area contributed by atoms with Gasteiger partial charge >= 0.3 is 0 Å². The Hall–Kier alpha value is -7.22. The maximum absolute atomic E-state index is 2.54. The number of anilines is 3. The molecule has 0 heterocycles. The number of hydrogen-bond donors (Lipinski definition) is 0. The summed E-state index contributed by atoms with van der Waals surface area (Å²) in [5, 5.41) is 0. The topological polar surface area (TPSA) is 3.24 Å². The zero-order valence-corrected chi connectivity index (χ0v) is 34.8. The highest BCUT2D eigenvalue weighted by Gasteiger charge is 2.52. The van der Waals surface area contributed by atoms with Gasteiger partial charge in [-0.3, -0.25) is 0 Å². The van der Waals surface area contributed by atoms with Gasteiger partial charge in [-0.15, -0.1) is 0 Å². The molecule has 9 aromatic rings. The van der Waals surface area contributed by atoms with E-state index in [1.54, 1.807) is 0 Å². The summed E-state index contributed by atoms with van der Waals surface area (Å²) in [4.78, 5) is 2.54. The Labute approximate surface area is 365 Å². The van der Waals surface area contributed by atoms with Crippen molar-refractivity contribution >= 4 is 17.1 Å². The van der Waals surface area contributed by atoms with Gasteiger partial charge in [0.15, 0.2) is 0 Å². The molecule has 0 aliphatic heterocycles. The predicted octanol–water partition coefficient (Wildman–Crippen LogP) is 16.5. The van der Waals surface area contributed by atoms with Gasteiger partial charge in [-0.25, -0.2) is 0 Å². The molecular weight excluding hydrogens is 747 g/mol. The minimum Gasteiger partial charge on any atom is -0.309 e. The van der Waals surface area contributed by atoms with Crippen LogP contribution >= 0.6 is 0 Å². The Morgan fingerprint density at radius 3 is 1.47 bits per heavy atom. The summed E-state index contributed by atoms with van der Waals surface area (Å²) in [7, 11) is 0. The lowest BCUT2D eigenvalue weighted by atomic mass is 9.70. The molecule has 0 N–H and O–H groups in total. The molecule has 1 saturated carbocycles. The molecule has 0 aromatic heterocycles. The van der Waals surface area contributed by atoms with Crippen LogP contribution in [-0.4, -0.2) is 0 Å². The lowest BCUT2D eigenvalue weighted by Crippen LogP contribution is -2.26. The summed E-state index contributed by atoms with van der Waals surface area (Å²) >= 11 is 0. The summed E-state index contributed by atoms with van der Waals surface area (Å²) in [5.74, 6) is 0.698. The number of rotatable bonds is 7. The zero-order chi connectivity index (χ0) is 41.0. The molecule has 1 heteroatoms. The number of benzene rings is 9. The van der Waals surface area contributed by atoms with Gasteiger partial charge in [0.2, 0.25) is 0 Å². The quantitative estimate of drug-likeness (QED) is 0.155. The van der Waals surface area contributed by atoms with Crippen molar-refractivity contribution in [3.63, 3.8) is 0 Å².